The number of benzene rings is 1. The molecule has 1 aromatic carbocycles. The number of hydrogen-bond donors (Lipinski definition) is 2. The second-order valence-electron chi connectivity index (χ2n) is 7.41. The summed E-state index contributed by atoms with van der Waals surface area (Å²) in [7, 11) is 3.85. The lowest BCUT2D eigenvalue weighted by molar-refractivity contribution is 0.0670. The van der Waals surface area contributed by atoms with Crippen LogP contribution in [0.1, 0.15) is 17.5 Å². The number of anilines is 1. The number of fused-ring (bicyclic) bond motifs is 1. The molecule has 2 aliphatic rings. The van der Waals surface area contributed by atoms with Gasteiger partial charge in [-0.25, -0.2) is 4.79 Å². The lowest BCUT2D eigenvalue weighted by atomic mass is 10.1. The summed E-state index contributed by atoms with van der Waals surface area (Å²) >= 11 is 0. The highest BCUT2D eigenvalue weighted by Gasteiger charge is 2.20. The summed E-state index contributed by atoms with van der Waals surface area (Å²) in [6.45, 7) is 4.95. The quantitative estimate of drug-likeness (QED) is 0.842. The number of nitrogens with one attached hydrogen (secondary N) is 1. The van der Waals surface area contributed by atoms with Gasteiger partial charge in [-0.2, -0.15) is 0 Å². The summed E-state index contributed by atoms with van der Waals surface area (Å²) in [5, 5.41) is 13.2. The maximum atomic E-state index is 12.4. The zero-order chi connectivity index (χ0) is 17.8. The molecule has 1 atom stereocenters. The summed E-state index contributed by atoms with van der Waals surface area (Å²) in [6.07, 6.45) is 2.91. The maximum absolute atomic E-state index is 12.4. The molecular weight excluding hydrogens is 316 g/mol. The molecular formula is C19H30N4O2. The van der Waals surface area contributed by atoms with E-state index in [4.69, 9.17) is 0 Å². The fraction of sp³-hybridized carbons (Fsp3) is 0.632. The molecule has 3 rings (SSSR count). The van der Waals surface area contributed by atoms with Gasteiger partial charge in [0.1, 0.15) is 0 Å². The Hall–Kier alpha value is -1.63. The second-order valence-corrected chi connectivity index (χ2v) is 7.41. The molecule has 0 radical (unpaired) electrons. The number of aliphatic hydroxyl groups is 1. The van der Waals surface area contributed by atoms with Gasteiger partial charge in [0, 0.05) is 52.0 Å². The molecule has 1 fully saturated rings. The number of hydrogen-bond acceptors (Lipinski definition) is 4. The van der Waals surface area contributed by atoms with Crippen molar-refractivity contribution < 1.29 is 9.90 Å². The number of piperazine rings is 1. The predicted octanol–water partition coefficient (Wildman–Crippen LogP) is 1.25. The minimum atomic E-state index is -0.529. The monoisotopic (exact) mass is 346 g/mol. The first-order chi connectivity index (χ1) is 12.0. The van der Waals surface area contributed by atoms with Crippen molar-refractivity contribution in [1.29, 1.82) is 0 Å². The van der Waals surface area contributed by atoms with Crippen molar-refractivity contribution in [2.24, 2.45) is 0 Å². The minimum Gasteiger partial charge on any atom is -0.390 e. The first kappa shape index (κ1) is 18.2. The number of urea groups is 1. The molecule has 2 amide bonds. The normalized spacial score (nSPS) is 19.5. The molecule has 6 nitrogen and oxygen atoms in total. The molecule has 1 saturated heterocycles. The number of carbonyl (C=O) groups is 1. The molecule has 0 aromatic heterocycles. The van der Waals surface area contributed by atoms with Crippen LogP contribution in [0, 0.1) is 0 Å². The molecule has 6 heteroatoms. The third kappa shape index (κ3) is 4.93. The van der Waals surface area contributed by atoms with Crippen LogP contribution in [0.25, 0.3) is 0 Å². The van der Waals surface area contributed by atoms with Crippen LogP contribution < -0.4 is 5.32 Å². The number of rotatable bonds is 5. The number of likely N-dealkylation sites (N-methyl/N-ethyl adjacent to an activating group) is 2. The Bertz CT molecular complexity index is 599. The van der Waals surface area contributed by atoms with Gasteiger partial charge in [-0.3, -0.25) is 4.90 Å². The van der Waals surface area contributed by atoms with Crippen LogP contribution in [0.3, 0.4) is 0 Å². The van der Waals surface area contributed by atoms with Crippen LogP contribution in [0.4, 0.5) is 10.5 Å². The van der Waals surface area contributed by atoms with Crippen molar-refractivity contribution in [3.05, 3.63) is 29.3 Å². The fourth-order valence-electron chi connectivity index (χ4n) is 3.65. The van der Waals surface area contributed by atoms with E-state index in [1.807, 2.05) is 6.07 Å². The number of amides is 2. The molecule has 1 aliphatic heterocycles. The molecule has 1 aromatic rings. The highest BCUT2D eigenvalue weighted by atomic mass is 16.3. The van der Waals surface area contributed by atoms with Crippen LogP contribution in [-0.4, -0.2) is 85.3 Å². The number of carbonyl (C=O) groups excluding carboxylic acids is 1. The number of aliphatic hydroxyl groups excluding tert-OH is 1. The Kier molecular flexibility index (Phi) is 5.93. The first-order valence-corrected chi connectivity index (χ1v) is 9.24. The molecule has 1 heterocycles. The van der Waals surface area contributed by atoms with Gasteiger partial charge >= 0.3 is 6.03 Å². The Morgan fingerprint density at radius 2 is 1.96 bits per heavy atom. The molecule has 25 heavy (non-hydrogen) atoms. The minimum absolute atomic E-state index is 0.171. The van der Waals surface area contributed by atoms with Crippen molar-refractivity contribution in [3.8, 4) is 0 Å². The highest BCUT2D eigenvalue weighted by Crippen LogP contribution is 2.25. The molecule has 0 bridgehead atoms. The largest absolute Gasteiger partial charge is 0.390 e. The highest BCUT2D eigenvalue weighted by molar-refractivity contribution is 5.89. The van der Waals surface area contributed by atoms with Gasteiger partial charge in [0.05, 0.1) is 6.10 Å². The lowest BCUT2D eigenvalue weighted by Crippen LogP contribution is -2.49. The van der Waals surface area contributed by atoms with Crippen LogP contribution in [0.15, 0.2) is 18.2 Å². The Morgan fingerprint density at radius 3 is 2.72 bits per heavy atom. The van der Waals surface area contributed by atoms with E-state index in [1.54, 1.807) is 11.9 Å². The van der Waals surface area contributed by atoms with Crippen molar-refractivity contribution in [3.63, 3.8) is 0 Å². The maximum Gasteiger partial charge on any atom is 0.321 e. The van der Waals surface area contributed by atoms with Gasteiger partial charge in [0.15, 0.2) is 0 Å². The summed E-state index contributed by atoms with van der Waals surface area (Å²) in [5.41, 5.74) is 3.58. The average Bonchev–Trinajstić information content (AvgIpc) is 3.04. The molecule has 0 spiro atoms. The van der Waals surface area contributed by atoms with Gasteiger partial charge in [-0.15, -0.1) is 0 Å². The van der Waals surface area contributed by atoms with Crippen LogP contribution in [0.2, 0.25) is 0 Å². The first-order valence-electron chi connectivity index (χ1n) is 9.24. The standard InChI is InChI=1S/C19H30N4O2/c1-21-8-10-23(11-9-21)14-18(24)13-22(2)19(25)20-17-7-6-15-4-3-5-16(15)12-17/h6-7,12,18,24H,3-5,8-11,13-14H2,1-2H3,(H,20,25). The predicted molar refractivity (Wildman–Crippen MR) is 100 cm³/mol. The molecule has 1 aliphatic carbocycles. The van der Waals surface area contributed by atoms with E-state index < -0.39 is 6.10 Å². The number of aryl methyl sites for hydroxylation is 2. The molecule has 1 unspecified atom stereocenters. The summed E-state index contributed by atoms with van der Waals surface area (Å²) in [6, 6.07) is 5.99. The number of nitrogens with zero attached hydrogens (tertiary/aromatic N) is 3. The zero-order valence-corrected chi connectivity index (χ0v) is 15.4. The van der Waals surface area contributed by atoms with Crippen LogP contribution in [-0.2, 0) is 12.8 Å². The van der Waals surface area contributed by atoms with E-state index in [1.165, 1.54) is 17.5 Å². The van der Waals surface area contributed by atoms with E-state index in [9.17, 15) is 9.90 Å². The third-order valence-corrected chi connectivity index (χ3v) is 5.25. The van der Waals surface area contributed by atoms with Gasteiger partial charge < -0.3 is 20.2 Å². The van der Waals surface area contributed by atoms with Crippen molar-refractivity contribution in [1.82, 2.24) is 14.7 Å². The smallest absolute Gasteiger partial charge is 0.321 e. The zero-order valence-electron chi connectivity index (χ0n) is 15.4. The fourth-order valence-corrected chi connectivity index (χ4v) is 3.65. The van der Waals surface area contributed by atoms with E-state index in [2.05, 4.69) is 34.3 Å². The van der Waals surface area contributed by atoms with Crippen LogP contribution in [0.5, 0.6) is 0 Å². The summed E-state index contributed by atoms with van der Waals surface area (Å²) in [5.74, 6) is 0. The van der Waals surface area contributed by atoms with E-state index in [0.29, 0.717) is 13.1 Å². The second kappa shape index (κ2) is 8.17. The molecule has 2 N–H and O–H groups in total. The van der Waals surface area contributed by atoms with Crippen LogP contribution >= 0.6 is 0 Å². The third-order valence-electron chi connectivity index (χ3n) is 5.25. The summed E-state index contributed by atoms with van der Waals surface area (Å²) in [4.78, 5) is 18.5. The van der Waals surface area contributed by atoms with Gasteiger partial charge in [-0.1, -0.05) is 6.07 Å². The van der Waals surface area contributed by atoms with Crippen molar-refractivity contribution in [2.45, 2.75) is 25.4 Å². The lowest BCUT2D eigenvalue weighted by Gasteiger charge is -2.34. The van der Waals surface area contributed by atoms with E-state index in [-0.39, 0.29) is 6.03 Å². The molecule has 0 saturated carbocycles. The average molecular weight is 346 g/mol. The number of β-amino-alcohol motifs (C(OH)–C–C–N with tert-alkyl or cyclic N) is 1. The van der Waals surface area contributed by atoms with E-state index in [0.717, 1.165) is 44.7 Å². The summed E-state index contributed by atoms with van der Waals surface area (Å²) < 4.78 is 0. The van der Waals surface area contributed by atoms with Gasteiger partial charge in [0.2, 0.25) is 0 Å². The van der Waals surface area contributed by atoms with Crippen molar-refractivity contribution >= 4 is 11.7 Å². The Balaban J connectivity index is 1.45. The SMILES string of the molecule is CN1CCN(CC(O)CN(C)C(=O)Nc2ccc3c(c2)CCC3)CC1. The topological polar surface area (TPSA) is 59.1 Å². The Labute approximate surface area is 150 Å². The van der Waals surface area contributed by atoms with Gasteiger partial charge in [-0.05, 0) is 49.6 Å². The van der Waals surface area contributed by atoms with Crippen molar-refractivity contribution in [2.75, 3.05) is 58.7 Å². The Morgan fingerprint density at radius 1 is 1.24 bits per heavy atom. The molecule has 138 valence electrons. The van der Waals surface area contributed by atoms with E-state index >= 15 is 0 Å². The van der Waals surface area contributed by atoms with Gasteiger partial charge in [0.25, 0.3) is 0 Å².